The molecule has 43 heavy (non-hydrogen) atoms. The lowest BCUT2D eigenvalue weighted by Crippen LogP contribution is -2.12. The molecule has 0 radical (unpaired) electrons. The maximum Gasteiger partial charge on any atom is 0.307 e. The Bertz CT molecular complexity index is 1820. The van der Waals surface area contributed by atoms with Crippen molar-refractivity contribution in [1.82, 2.24) is 15.0 Å². The molecular weight excluding hydrogens is 540 g/mol. The number of aryl methyl sites for hydroxylation is 2. The van der Waals surface area contributed by atoms with Gasteiger partial charge >= 0.3 is 5.97 Å². The summed E-state index contributed by atoms with van der Waals surface area (Å²) < 4.78 is 5.95. The fourth-order valence-corrected chi connectivity index (χ4v) is 5.59. The summed E-state index contributed by atoms with van der Waals surface area (Å²) in [6, 6.07) is 12.3. The average molecular weight is 579 g/mol. The molecule has 0 atom stereocenters. The van der Waals surface area contributed by atoms with Crippen LogP contribution < -0.4 is 9.64 Å². The van der Waals surface area contributed by atoms with Gasteiger partial charge in [-0.3, -0.25) is 9.78 Å². The number of hydrogen-bond acceptors (Lipinski definition) is 7. The Morgan fingerprint density at radius 3 is 2.30 bits per heavy atom. The van der Waals surface area contributed by atoms with E-state index in [2.05, 4.69) is 35.1 Å². The molecule has 0 unspecified atom stereocenters. The van der Waals surface area contributed by atoms with E-state index >= 15 is 0 Å². The molecule has 0 bridgehead atoms. The third-order valence-electron chi connectivity index (χ3n) is 7.44. The van der Waals surface area contributed by atoms with Gasteiger partial charge in [0.25, 0.3) is 0 Å². The highest BCUT2D eigenvalue weighted by Crippen LogP contribution is 2.44. The van der Waals surface area contributed by atoms with Gasteiger partial charge in [-0.05, 0) is 97.0 Å². The molecule has 0 amide bonds. The predicted molar refractivity (Wildman–Crippen MR) is 172 cm³/mol. The summed E-state index contributed by atoms with van der Waals surface area (Å²) in [7, 11) is 3.83. The Morgan fingerprint density at radius 1 is 0.977 bits per heavy atom. The topological polar surface area (TPSA) is 109 Å². The Kier molecular flexibility index (Phi) is 8.08. The largest absolute Gasteiger partial charge is 0.493 e. The van der Waals surface area contributed by atoms with Crippen LogP contribution in [-0.4, -0.2) is 57.4 Å². The predicted octanol–water partition coefficient (Wildman–Crippen LogP) is 6.53. The van der Waals surface area contributed by atoms with Crippen LogP contribution >= 0.6 is 0 Å². The second kappa shape index (κ2) is 11.6. The van der Waals surface area contributed by atoms with Crippen LogP contribution in [0.4, 0.5) is 5.95 Å². The zero-order valence-electron chi connectivity index (χ0n) is 25.8. The Hall–Kier alpha value is -4.56. The maximum absolute atomic E-state index is 12.0. The van der Waals surface area contributed by atoms with E-state index in [-0.39, 0.29) is 6.42 Å². The molecule has 0 aliphatic carbocycles. The average Bonchev–Trinajstić information content (AvgIpc) is 2.94. The second-order valence-electron chi connectivity index (χ2n) is 12.2. The smallest absolute Gasteiger partial charge is 0.307 e. The standard InChI is InChI=1S/C31H28N4O3.C4H10O/c1-17-13-25-18(2)21(20-15-33-31(34-16-20)35(3)4)5-6-22(25)29(24(17)14-27(36)37)23-7-8-26-28-19(10-12-38-26)9-11-32-30(23)28;1-4(2,3)5/h5-9,11,13,15-16H,10,12,14H2,1-4H3,(H,36,37);5H,1-3H3. The second-order valence-corrected chi connectivity index (χ2v) is 12.2. The molecule has 8 heteroatoms. The number of pyridine rings is 1. The molecule has 0 fully saturated rings. The molecule has 1 aliphatic rings. The molecule has 222 valence electrons. The van der Waals surface area contributed by atoms with Gasteiger partial charge in [0.15, 0.2) is 0 Å². The zero-order chi connectivity index (χ0) is 31.1. The molecular formula is C35H38N4O4. The number of rotatable bonds is 5. The molecule has 1 aliphatic heterocycles. The number of aliphatic hydroxyl groups is 1. The third kappa shape index (κ3) is 6.15. The van der Waals surface area contributed by atoms with Crippen LogP contribution in [0.1, 0.15) is 43.0 Å². The van der Waals surface area contributed by atoms with Crippen LogP contribution in [0.25, 0.3) is 43.9 Å². The fourth-order valence-electron chi connectivity index (χ4n) is 5.59. The first kappa shape index (κ1) is 29.9. The first-order valence-electron chi connectivity index (χ1n) is 14.4. The number of anilines is 1. The molecule has 8 nitrogen and oxygen atoms in total. The van der Waals surface area contributed by atoms with E-state index in [1.165, 1.54) is 5.56 Å². The van der Waals surface area contributed by atoms with Crippen molar-refractivity contribution in [3.05, 3.63) is 77.2 Å². The van der Waals surface area contributed by atoms with Crippen LogP contribution in [0.15, 0.2) is 55.0 Å². The minimum Gasteiger partial charge on any atom is -0.493 e. The Morgan fingerprint density at radius 2 is 1.65 bits per heavy atom. The highest BCUT2D eigenvalue weighted by molar-refractivity contribution is 6.10. The Balaban J connectivity index is 0.000000682. The van der Waals surface area contributed by atoms with Gasteiger partial charge in [-0.25, -0.2) is 9.97 Å². The molecule has 3 heterocycles. The van der Waals surface area contributed by atoms with Crippen molar-refractivity contribution in [3.8, 4) is 28.0 Å². The van der Waals surface area contributed by atoms with Crippen LogP contribution in [0.2, 0.25) is 0 Å². The summed E-state index contributed by atoms with van der Waals surface area (Å²) in [5.41, 5.74) is 8.19. The van der Waals surface area contributed by atoms with Gasteiger partial charge in [0.05, 0.1) is 24.1 Å². The summed E-state index contributed by atoms with van der Waals surface area (Å²) in [5, 5.41) is 21.4. The van der Waals surface area contributed by atoms with E-state index in [4.69, 9.17) is 14.8 Å². The lowest BCUT2D eigenvalue weighted by molar-refractivity contribution is -0.136. The zero-order valence-corrected chi connectivity index (χ0v) is 25.8. The first-order chi connectivity index (χ1) is 20.3. The number of carboxylic acid groups (broad SMARTS) is 1. The van der Waals surface area contributed by atoms with E-state index in [1.54, 1.807) is 20.8 Å². The summed E-state index contributed by atoms with van der Waals surface area (Å²) in [6.45, 7) is 9.96. The molecule has 0 spiro atoms. The van der Waals surface area contributed by atoms with Gasteiger partial charge in [-0.1, -0.05) is 18.2 Å². The minimum atomic E-state index is -0.862. The highest BCUT2D eigenvalue weighted by atomic mass is 16.5. The first-order valence-corrected chi connectivity index (χ1v) is 14.4. The van der Waals surface area contributed by atoms with Gasteiger partial charge in [-0.2, -0.15) is 0 Å². The van der Waals surface area contributed by atoms with Gasteiger partial charge in [-0.15, -0.1) is 0 Å². The van der Waals surface area contributed by atoms with E-state index in [0.717, 1.165) is 72.8 Å². The third-order valence-corrected chi connectivity index (χ3v) is 7.44. The number of carboxylic acids is 1. The van der Waals surface area contributed by atoms with E-state index in [9.17, 15) is 9.90 Å². The number of nitrogens with zero attached hydrogens (tertiary/aromatic N) is 4. The Labute approximate surface area is 252 Å². The number of carbonyl (C=O) groups is 1. The van der Waals surface area contributed by atoms with Crippen molar-refractivity contribution in [2.75, 3.05) is 25.6 Å². The number of fused-ring (bicyclic) bond motifs is 1. The van der Waals surface area contributed by atoms with E-state index < -0.39 is 11.6 Å². The molecule has 2 aromatic heterocycles. The molecule has 0 saturated carbocycles. The van der Waals surface area contributed by atoms with Crippen molar-refractivity contribution in [2.45, 2.75) is 53.1 Å². The van der Waals surface area contributed by atoms with Crippen molar-refractivity contribution in [2.24, 2.45) is 0 Å². The minimum absolute atomic E-state index is 0.0722. The summed E-state index contributed by atoms with van der Waals surface area (Å²) >= 11 is 0. The van der Waals surface area contributed by atoms with E-state index in [0.29, 0.717) is 12.6 Å². The fraction of sp³-hybridized carbons (Fsp3) is 0.314. The van der Waals surface area contributed by atoms with Gasteiger partial charge in [0.2, 0.25) is 5.95 Å². The van der Waals surface area contributed by atoms with Crippen LogP contribution in [0.3, 0.4) is 0 Å². The summed E-state index contributed by atoms with van der Waals surface area (Å²) in [4.78, 5) is 27.6. The normalized spacial score (nSPS) is 12.5. The monoisotopic (exact) mass is 578 g/mol. The van der Waals surface area contributed by atoms with Crippen molar-refractivity contribution in [3.63, 3.8) is 0 Å². The van der Waals surface area contributed by atoms with Crippen LogP contribution in [0, 0.1) is 13.8 Å². The van der Waals surface area contributed by atoms with Gasteiger partial charge < -0.3 is 19.8 Å². The summed E-state index contributed by atoms with van der Waals surface area (Å²) in [5.74, 6) is 0.622. The molecule has 0 saturated heterocycles. The SMILES string of the molecule is CC(C)(C)O.Cc1cc2c(C)c(-c3cnc(N(C)C)nc3)ccc2c(-c2ccc3c4c(ccnc24)CCO3)c1CC(=O)O. The lowest BCUT2D eigenvalue weighted by atomic mass is 9.84. The lowest BCUT2D eigenvalue weighted by Gasteiger charge is -2.22. The quantitative estimate of drug-likeness (QED) is 0.242. The van der Waals surface area contributed by atoms with E-state index in [1.807, 2.05) is 62.7 Å². The highest BCUT2D eigenvalue weighted by Gasteiger charge is 2.23. The van der Waals surface area contributed by atoms with Crippen molar-refractivity contribution in [1.29, 1.82) is 0 Å². The molecule has 6 rings (SSSR count). The number of aromatic nitrogens is 3. The van der Waals surface area contributed by atoms with Gasteiger partial charge in [0.1, 0.15) is 5.75 Å². The summed E-state index contributed by atoms with van der Waals surface area (Å²) in [6.07, 6.45) is 6.28. The molecule has 3 aromatic carbocycles. The van der Waals surface area contributed by atoms with Crippen molar-refractivity contribution >= 4 is 33.6 Å². The van der Waals surface area contributed by atoms with Crippen LogP contribution in [-0.2, 0) is 17.6 Å². The van der Waals surface area contributed by atoms with Gasteiger partial charge in [0, 0.05) is 55.6 Å². The number of aliphatic carboxylic acids is 1. The number of benzene rings is 3. The molecule has 2 N–H and O–H groups in total. The molecule has 5 aromatic rings. The maximum atomic E-state index is 12.0. The van der Waals surface area contributed by atoms with Crippen LogP contribution in [0.5, 0.6) is 5.75 Å². The number of ether oxygens (including phenoxy) is 1. The van der Waals surface area contributed by atoms with Crippen molar-refractivity contribution < 1.29 is 19.7 Å². The number of hydrogen-bond donors (Lipinski definition) is 2.